The van der Waals surface area contributed by atoms with Crippen LogP contribution in [0.1, 0.15) is 11.1 Å². The number of thiophene rings is 1. The average Bonchev–Trinajstić information content (AvgIpc) is 2.81. The van der Waals surface area contributed by atoms with Crippen molar-refractivity contribution in [1.82, 2.24) is 0 Å². The zero-order valence-electron chi connectivity index (χ0n) is 9.11. The molecule has 1 N–H and O–H groups in total. The van der Waals surface area contributed by atoms with E-state index in [1.54, 1.807) is 17.4 Å². The van der Waals surface area contributed by atoms with Crippen LogP contribution in [0.2, 0.25) is 0 Å². The van der Waals surface area contributed by atoms with Gasteiger partial charge in [-0.2, -0.15) is 16.6 Å². The first kappa shape index (κ1) is 11.6. The van der Waals surface area contributed by atoms with Crippen molar-refractivity contribution >= 4 is 17.0 Å². The maximum atomic E-state index is 13.1. The minimum atomic E-state index is -0.387. The van der Waals surface area contributed by atoms with Crippen molar-refractivity contribution in [3.8, 4) is 6.07 Å². The van der Waals surface area contributed by atoms with E-state index in [9.17, 15) is 4.39 Å². The molecule has 0 spiro atoms. The normalized spacial score (nSPS) is 9.88. The van der Waals surface area contributed by atoms with Gasteiger partial charge in [-0.15, -0.1) is 0 Å². The fourth-order valence-corrected chi connectivity index (χ4v) is 2.25. The Kier molecular flexibility index (Phi) is 3.73. The van der Waals surface area contributed by atoms with Gasteiger partial charge in [0.15, 0.2) is 0 Å². The zero-order valence-corrected chi connectivity index (χ0v) is 9.93. The number of nitriles is 1. The molecule has 0 atom stereocenters. The largest absolute Gasteiger partial charge is 0.385 e. The number of benzene rings is 1. The standard InChI is InChI=1S/C13H11FN2S/c14-12-5-11(8-15)6-13(7-12)16-3-1-10-2-4-17-9-10/h2,4-7,9,16H,1,3H2. The fraction of sp³-hybridized carbons (Fsp3) is 0.154. The molecule has 1 aromatic carbocycles. The van der Waals surface area contributed by atoms with Crippen LogP contribution in [0.15, 0.2) is 35.0 Å². The van der Waals surface area contributed by atoms with E-state index in [1.807, 2.05) is 11.4 Å². The summed E-state index contributed by atoms with van der Waals surface area (Å²) >= 11 is 1.66. The van der Waals surface area contributed by atoms with Gasteiger partial charge in [0.05, 0.1) is 11.6 Å². The summed E-state index contributed by atoms with van der Waals surface area (Å²) in [7, 11) is 0. The molecule has 0 amide bonds. The molecule has 0 aliphatic carbocycles. The van der Waals surface area contributed by atoms with E-state index < -0.39 is 0 Å². The summed E-state index contributed by atoms with van der Waals surface area (Å²) in [6.45, 7) is 0.727. The molecule has 0 bridgehead atoms. The predicted molar refractivity (Wildman–Crippen MR) is 67.6 cm³/mol. The van der Waals surface area contributed by atoms with E-state index in [2.05, 4.69) is 16.8 Å². The Balaban J connectivity index is 1.95. The Hall–Kier alpha value is -1.86. The molecule has 2 nitrogen and oxygen atoms in total. The first-order valence-electron chi connectivity index (χ1n) is 5.23. The van der Waals surface area contributed by atoms with Gasteiger partial charge in [-0.1, -0.05) is 0 Å². The van der Waals surface area contributed by atoms with E-state index in [4.69, 9.17) is 5.26 Å². The number of anilines is 1. The van der Waals surface area contributed by atoms with Gasteiger partial charge in [-0.05, 0) is 47.0 Å². The summed E-state index contributed by atoms with van der Waals surface area (Å²) in [5, 5.41) is 16.0. The van der Waals surface area contributed by atoms with Crippen LogP contribution in [0.4, 0.5) is 10.1 Å². The zero-order chi connectivity index (χ0) is 12.1. The monoisotopic (exact) mass is 246 g/mol. The number of nitrogens with one attached hydrogen (secondary N) is 1. The molecular formula is C13H11FN2S. The second-order valence-corrected chi connectivity index (χ2v) is 4.43. The molecule has 86 valence electrons. The summed E-state index contributed by atoms with van der Waals surface area (Å²) in [4.78, 5) is 0. The van der Waals surface area contributed by atoms with Crippen LogP contribution in [0, 0.1) is 17.1 Å². The minimum absolute atomic E-state index is 0.336. The first-order chi connectivity index (χ1) is 8.28. The van der Waals surface area contributed by atoms with E-state index in [0.717, 1.165) is 13.0 Å². The van der Waals surface area contributed by atoms with Crippen LogP contribution < -0.4 is 5.32 Å². The van der Waals surface area contributed by atoms with Crippen LogP contribution in [-0.4, -0.2) is 6.54 Å². The molecule has 1 heterocycles. The number of hydrogen-bond donors (Lipinski definition) is 1. The molecular weight excluding hydrogens is 235 g/mol. The SMILES string of the molecule is N#Cc1cc(F)cc(NCCc2ccsc2)c1. The Labute approximate surface area is 103 Å². The van der Waals surface area contributed by atoms with Gasteiger partial charge in [0.25, 0.3) is 0 Å². The molecule has 4 heteroatoms. The molecule has 0 fully saturated rings. The highest BCUT2D eigenvalue weighted by Crippen LogP contribution is 2.14. The van der Waals surface area contributed by atoms with Crippen molar-refractivity contribution in [2.24, 2.45) is 0 Å². The smallest absolute Gasteiger partial charge is 0.126 e. The highest BCUT2D eigenvalue weighted by Gasteiger charge is 2.00. The summed E-state index contributed by atoms with van der Waals surface area (Å²) in [6, 6.07) is 8.27. The molecule has 0 saturated carbocycles. The second-order valence-electron chi connectivity index (χ2n) is 3.65. The Bertz CT molecular complexity index is 529. The van der Waals surface area contributed by atoms with E-state index in [0.29, 0.717) is 11.3 Å². The number of rotatable bonds is 4. The molecule has 17 heavy (non-hydrogen) atoms. The first-order valence-corrected chi connectivity index (χ1v) is 6.18. The van der Waals surface area contributed by atoms with Crippen LogP contribution in [-0.2, 0) is 6.42 Å². The summed E-state index contributed by atoms with van der Waals surface area (Å²) in [5.41, 5.74) is 2.25. The Morgan fingerprint density at radius 3 is 2.94 bits per heavy atom. The third-order valence-corrected chi connectivity index (χ3v) is 3.08. The maximum absolute atomic E-state index is 13.1. The fourth-order valence-electron chi connectivity index (χ4n) is 1.54. The Morgan fingerprint density at radius 2 is 2.24 bits per heavy atom. The van der Waals surface area contributed by atoms with Crippen molar-refractivity contribution in [3.63, 3.8) is 0 Å². The molecule has 2 rings (SSSR count). The molecule has 1 aromatic heterocycles. The second kappa shape index (κ2) is 5.46. The molecule has 0 saturated heterocycles. The lowest BCUT2D eigenvalue weighted by molar-refractivity contribution is 0.627. The number of hydrogen-bond acceptors (Lipinski definition) is 3. The van der Waals surface area contributed by atoms with Gasteiger partial charge < -0.3 is 5.32 Å². The number of nitrogens with zero attached hydrogens (tertiary/aromatic N) is 1. The molecule has 0 aliphatic heterocycles. The lowest BCUT2D eigenvalue weighted by Crippen LogP contribution is -2.04. The van der Waals surface area contributed by atoms with E-state index in [1.165, 1.54) is 17.7 Å². The van der Waals surface area contributed by atoms with Crippen molar-refractivity contribution < 1.29 is 4.39 Å². The van der Waals surface area contributed by atoms with Crippen molar-refractivity contribution in [2.75, 3.05) is 11.9 Å². The lowest BCUT2D eigenvalue weighted by Gasteiger charge is -2.06. The number of halogens is 1. The van der Waals surface area contributed by atoms with Gasteiger partial charge in [0, 0.05) is 12.2 Å². The van der Waals surface area contributed by atoms with E-state index >= 15 is 0 Å². The Morgan fingerprint density at radius 1 is 1.35 bits per heavy atom. The summed E-state index contributed by atoms with van der Waals surface area (Å²) in [6.07, 6.45) is 0.891. The quantitative estimate of drug-likeness (QED) is 0.897. The van der Waals surface area contributed by atoms with Gasteiger partial charge >= 0.3 is 0 Å². The van der Waals surface area contributed by atoms with Crippen LogP contribution >= 0.6 is 11.3 Å². The van der Waals surface area contributed by atoms with Gasteiger partial charge in [0.2, 0.25) is 0 Å². The molecule has 2 aromatic rings. The maximum Gasteiger partial charge on any atom is 0.126 e. The predicted octanol–water partition coefficient (Wildman–Crippen LogP) is 3.41. The molecule has 0 unspecified atom stereocenters. The third kappa shape index (κ3) is 3.30. The van der Waals surface area contributed by atoms with Gasteiger partial charge in [-0.25, -0.2) is 4.39 Å². The van der Waals surface area contributed by atoms with Gasteiger partial charge in [-0.3, -0.25) is 0 Å². The topological polar surface area (TPSA) is 35.8 Å². The highest BCUT2D eigenvalue weighted by molar-refractivity contribution is 7.07. The molecule has 0 aliphatic rings. The van der Waals surface area contributed by atoms with Crippen molar-refractivity contribution in [2.45, 2.75) is 6.42 Å². The van der Waals surface area contributed by atoms with Crippen LogP contribution in [0.5, 0.6) is 0 Å². The lowest BCUT2D eigenvalue weighted by atomic mass is 10.2. The van der Waals surface area contributed by atoms with Gasteiger partial charge in [0.1, 0.15) is 5.82 Å². The minimum Gasteiger partial charge on any atom is -0.385 e. The third-order valence-electron chi connectivity index (χ3n) is 2.35. The molecule has 0 radical (unpaired) electrons. The van der Waals surface area contributed by atoms with Crippen molar-refractivity contribution in [3.05, 3.63) is 52.0 Å². The van der Waals surface area contributed by atoms with Crippen LogP contribution in [0.25, 0.3) is 0 Å². The average molecular weight is 246 g/mol. The van der Waals surface area contributed by atoms with E-state index in [-0.39, 0.29) is 5.82 Å². The summed E-state index contributed by atoms with van der Waals surface area (Å²) in [5.74, 6) is -0.387. The van der Waals surface area contributed by atoms with Crippen molar-refractivity contribution in [1.29, 1.82) is 5.26 Å². The summed E-state index contributed by atoms with van der Waals surface area (Å²) < 4.78 is 13.1. The highest BCUT2D eigenvalue weighted by atomic mass is 32.1. The van der Waals surface area contributed by atoms with Crippen LogP contribution in [0.3, 0.4) is 0 Å².